The molecule has 0 bridgehead atoms. The topological polar surface area (TPSA) is 64.6 Å². The molecule has 11 unspecified atom stereocenters. The van der Waals surface area contributed by atoms with Crippen LogP contribution in [-0.2, 0) is 20.7 Å². The van der Waals surface area contributed by atoms with Crippen molar-refractivity contribution in [3.63, 3.8) is 0 Å². The summed E-state index contributed by atoms with van der Waals surface area (Å²) in [5, 5.41) is 4.17. The molecule has 5 fully saturated rings. The first-order valence-electron chi connectivity index (χ1n) is 19.9. The van der Waals surface area contributed by atoms with E-state index in [1.807, 2.05) is 6.92 Å². The lowest BCUT2D eigenvalue weighted by atomic mass is 9.37. The lowest BCUT2D eigenvalue weighted by Gasteiger charge is -2.68. The molecule has 0 radical (unpaired) electrons. The highest BCUT2D eigenvalue weighted by molar-refractivity contribution is 7.91. The van der Waals surface area contributed by atoms with Crippen LogP contribution in [0.4, 0.5) is 4.39 Å². The summed E-state index contributed by atoms with van der Waals surface area (Å²) in [6.07, 6.45) is 21.4. The number of allylic oxidation sites excluding steroid dienone is 4. The maximum absolute atomic E-state index is 13.4. The van der Waals surface area contributed by atoms with Crippen molar-refractivity contribution in [3.05, 3.63) is 23.3 Å². The number of nitrogens with zero attached hydrogens (tertiary/aromatic N) is 1. The number of hydrogen-bond donors (Lipinski definition) is 1. The van der Waals surface area contributed by atoms with E-state index in [1.165, 1.54) is 69.8 Å². The smallest absolute Gasteiger partial charge is 0.328 e. The van der Waals surface area contributed by atoms with E-state index in [2.05, 4.69) is 50.1 Å². The van der Waals surface area contributed by atoms with E-state index >= 15 is 0 Å². The first-order valence-corrected chi connectivity index (χ1v) is 21.4. The first kappa shape index (κ1) is 35.5. The van der Waals surface area contributed by atoms with Crippen LogP contribution in [0.25, 0.3) is 0 Å². The van der Waals surface area contributed by atoms with E-state index < -0.39 is 11.2 Å². The van der Waals surface area contributed by atoms with Crippen LogP contribution in [0.15, 0.2) is 23.3 Å². The molecule has 0 aromatic rings. The van der Waals surface area contributed by atoms with Crippen LogP contribution in [0.1, 0.15) is 118 Å². The Labute approximate surface area is 294 Å². The highest BCUT2D eigenvalue weighted by atomic mass is 32.2. The van der Waals surface area contributed by atoms with Crippen molar-refractivity contribution in [2.75, 3.05) is 44.4 Å². The van der Waals surface area contributed by atoms with Crippen molar-refractivity contribution in [2.24, 2.45) is 51.8 Å². The van der Waals surface area contributed by atoms with Crippen molar-refractivity contribution in [1.29, 1.82) is 0 Å². The lowest BCUT2D eigenvalue weighted by Crippen LogP contribution is -2.64. The molecule has 7 rings (SSSR count). The van der Waals surface area contributed by atoms with Crippen molar-refractivity contribution in [1.82, 2.24) is 10.2 Å². The number of esters is 1. The summed E-state index contributed by atoms with van der Waals surface area (Å²) >= 11 is -0.938. The molecule has 1 heterocycles. The molecule has 11 atom stereocenters. The number of hydrogen-bond acceptors (Lipinski definition) is 5. The molecule has 0 aromatic heterocycles. The second kappa shape index (κ2) is 13.6. The maximum atomic E-state index is 13.4. The quantitative estimate of drug-likeness (QED) is 0.207. The summed E-state index contributed by atoms with van der Waals surface area (Å²) in [5.74, 6) is 4.97. The molecular weight excluding hydrogens is 620 g/mol. The van der Waals surface area contributed by atoms with Gasteiger partial charge in [-0.15, -0.1) is 0 Å². The van der Waals surface area contributed by atoms with Gasteiger partial charge in [0.1, 0.15) is 11.5 Å². The van der Waals surface area contributed by atoms with Gasteiger partial charge < -0.3 is 14.6 Å². The van der Waals surface area contributed by atoms with E-state index in [0.29, 0.717) is 41.4 Å². The molecule has 7 heteroatoms. The number of nitrogens with one attached hydrogen (secondary N) is 1. The summed E-state index contributed by atoms with van der Waals surface area (Å²) in [7, 11) is 0. The van der Waals surface area contributed by atoms with Gasteiger partial charge in [0.05, 0.1) is 13.3 Å². The van der Waals surface area contributed by atoms with Crippen LogP contribution >= 0.6 is 0 Å². The SMILES string of the molecule is CCOC(=O)C1C[S+]([O-])CCN1CCNC12CCCC1C1CCC3C(C)(CCC4C(C)(C)C(C5=CCC(CF)CC5)=CCC43C)C1CC2. The standard InChI is InChI=1S/C41H65FN2O3S/c1-6-47-37(45)34-27-48(46)25-24-44(34)23-22-43-41-18-7-8-33(41)30-13-14-36-39(4,32(30)16-21-41)20-17-35-38(2,3)31(15-19-40(35,36)5)29-11-9-28(26-42)10-12-29/h11,15,28,30,32-36,43H,6-10,12-14,16-27H2,1-5H3. The molecule has 5 nitrogen and oxygen atoms in total. The van der Waals surface area contributed by atoms with Gasteiger partial charge in [0.2, 0.25) is 0 Å². The zero-order valence-corrected chi connectivity index (χ0v) is 31.6. The van der Waals surface area contributed by atoms with Gasteiger partial charge in [-0.05, 0) is 147 Å². The summed E-state index contributed by atoms with van der Waals surface area (Å²) in [5.41, 5.74) is 4.31. The summed E-state index contributed by atoms with van der Waals surface area (Å²) < 4.78 is 31.1. The van der Waals surface area contributed by atoms with Crippen molar-refractivity contribution < 1.29 is 18.5 Å². The maximum Gasteiger partial charge on any atom is 0.328 e. The molecule has 6 aliphatic carbocycles. The first-order chi connectivity index (χ1) is 23.0. The minimum atomic E-state index is -0.938. The Morgan fingerprint density at radius 2 is 1.85 bits per heavy atom. The molecule has 1 N–H and O–H groups in total. The predicted octanol–water partition coefficient (Wildman–Crippen LogP) is 8.02. The summed E-state index contributed by atoms with van der Waals surface area (Å²) in [6, 6.07) is -0.371. The Bertz CT molecular complexity index is 1270. The molecule has 270 valence electrons. The molecule has 48 heavy (non-hydrogen) atoms. The van der Waals surface area contributed by atoms with E-state index in [0.717, 1.165) is 56.0 Å². The Morgan fingerprint density at radius 1 is 1.02 bits per heavy atom. The number of carbonyl (C=O) groups is 1. The zero-order chi connectivity index (χ0) is 33.9. The van der Waals surface area contributed by atoms with E-state index in [1.54, 1.807) is 5.57 Å². The van der Waals surface area contributed by atoms with Gasteiger partial charge in [-0.2, -0.15) is 0 Å². The van der Waals surface area contributed by atoms with Gasteiger partial charge in [0.25, 0.3) is 0 Å². The van der Waals surface area contributed by atoms with Gasteiger partial charge in [-0.3, -0.25) is 14.1 Å². The van der Waals surface area contributed by atoms with Crippen LogP contribution in [0.3, 0.4) is 0 Å². The fraction of sp³-hybridized carbons (Fsp3) is 0.878. The Balaban J connectivity index is 1.04. The van der Waals surface area contributed by atoms with E-state index in [4.69, 9.17) is 4.74 Å². The molecule has 0 amide bonds. The number of halogens is 1. The van der Waals surface area contributed by atoms with Gasteiger partial charge >= 0.3 is 5.97 Å². The molecule has 7 aliphatic rings. The molecule has 1 saturated heterocycles. The number of rotatable bonds is 8. The normalized spacial score (nSPS) is 45.6. The minimum absolute atomic E-state index is 0.173. The number of fused-ring (bicyclic) bond motifs is 7. The molecule has 0 spiro atoms. The van der Waals surface area contributed by atoms with Crippen LogP contribution in [0.2, 0.25) is 0 Å². The van der Waals surface area contributed by atoms with Crippen LogP contribution < -0.4 is 5.32 Å². The monoisotopic (exact) mass is 684 g/mol. The van der Waals surface area contributed by atoms with E-state index in [-0.39, 0.29) is 35.6 Å². The average Bonchev–Trinajstić information content (AvgIpc) is 3.50. The fourth-order valence-corrected chi connectivity index (χ4v) is 15.2. The van der Waals surface area contributed by atoms with E-state index in [9.17, 15) is 13.7 Å². The van der Waals surface area contributed by atoms with Gasteiger partial charge in [0, 0.05) is 25.2 Å². The summed E-state index contributed by atoms with van der Waals surface area (Å²) in [4.78, 5) is 15.0. The Kier molecular flexibility index (Phi) is 10.0. The molecule has 1 aliphatic heterocycles. The third kappa shape index (κ3) is 5.89. The molecular formula is C41H65FN2O3S. The second-order valence-corrected chi connectivity index (χ2v) is 19.9. The van der Waals surface area contributed by atoms with Crippen molar-refractivity contribution >= 4 is 17.1 Å². The number of carbonyl (C=O) groups excluding carboxylic acids is 1. The zero-order valence-electron chi connectivity index (χ0n) is 30.8. The van der Waals surface area contributed by atoms with Gasteiger partial charge in [0.15, 0.2) is 6.04 Å². The largest absolute Gasteiger partial charge is 0.616 e. The summed E-state index contributed by atoms with van der Waals surface area (Å²) in [6.45, 7) is 15.0. The second-order valence-electron chi connectivity index (χ2n) is 18.3. The number of ether oxygens (including phenoxy) is 1. The van der Waals surface area contributed by atoms with Crippen LogP contribution in [0.5, 0.6) is 0 Å². The highest BCUT2D eigenvalue weighted by Gasteiger charge is 2.65. The van der Waals surface area contributed by atoms with Gasteiger partial charge in [-0.25, -0.2) is 0 Å². The highest BCUT2D eigenvalue weighted by Crippen LogP contribution is 2.72. The van der Waals surface area contributed by atoms with Crippen LogP contribution in [-0.4, -0.2) is 71.4 Å². The Hall–Kier alpha value is -0.890. The molecule has 4 saturated carbocycles. The average molecular weight is 685 g/mol. The van der Waals surface area contributed by atoms with Crippen molar-refractivity contribution in [3.8, 4) is 0 Å². The fourth-order valence-electron chi connectivity index (χ4n) is 13.9. The molecule has 0 aromatic carbocycles. The number of alkyl halides is 1. The van der Waals surface area contributed by atoms with Gasteiger partial charge in [-0.1, -0.05) is 57.4 Å². The Morgan fingerprint density at radius 3 is 2.60 bits per heavy atom. The third-order valence-corrected chi connectivity index (χ3v) is 17.3. The van der Waals surface area contributed by atoms with Crippen LogP contribution in [0, 0.1) is 51.8 Å². The van der Waals surface area contributed by atoms with Crippen molar-refractivity contribution in [2.45, 2.75) is 130 Å². The predicted molar refractivity (Wildman–Crippen MR) is 194 cm³/mol. The lowest BCUT2D eigenvalue weighted by molar-refractivity contribution is -0.175. The third-order valence-electron chi connectivity index (χ3n) is 16.0. The minimum Gasteiger partial charge on any atom is -0.616 e.